The van der Waals surface area contributed by atoms with E-state index < -0.39 is 18.6 Å². The zero-order valence-corrected chi connectivity index (χ0v) is 19.4. The van der Waals surface area contributed by atoms with Gasteiger partial charge in [0.25, 0.3) is 5.91 Å². The Bertz CT molecular complexity index is 1250. The highest BCUT2D eigenvalue weighted by Gasteiger charge is 2.28. The van der Waals surface area contributed by atoms with Crippen molar-refractivity contribution in [3.05, 3.63) is 65.4 Å². The second kappa shape index (κ2) is 9.56. The first-order valence-corrected chi connectivity index (χ1v) is 11.0. The maximum absolute atomic E-state index is 13.2. The highest BCUT2D eigenvalue weighted by atomic mass is 16.5. The first-order valence-electron chi connectivity index (χ1n) is 11.0. The Morgan fingerprint density at radius 1 is 1.18 bits per heavy atom. The molecule has 0 saturated heterocycles. The largest absolute Gasteiger partial charge is 0.480 e. The number of nitrogens with zero attached hydrogens (tertiary/aromatic N) is 3. The zero-order valence-electron chi connectivity index (χ0n) is 19.4. The standard InChI is InChI=1S/C25H28N4O5/c1-27-12-18-10-17(8-9-20(18)26-21(25(27)33)14-34-15-23(30)31)24(32)28(2)13-19-11-16-6-4-5-7-22(16)29(19)3/h4-11,21,26H,12-15H2,1-3H3,(H,30,31). The van der Waals surface area contributed by atoms with E-state index in [9.17, 15) is 14.4 Å². The molecule has 0 spiro atoms. The summed E-state index contributed by atoms with van der Waals surface area (Å²) in [5, 5.41) is 13.0. The lowest BCUT2D eigenvalue weighted by molar-refractivity contribution is -0.143. The van der Waals surface area contributed by atoms with Crippen LogP contribution in [0, 0.1) is 0 Å². The van der Waals surface area contributed by atoms with Gasteiger partial charge in [0.1, 0.15) is 12.6 Å². The fourth-order valence-electron chi connectivity index (χ4n) is 4.26. The predicted molar refractivity (Wildman–Crippen MR) is 127 cm³/mol. The average Bonchev–Trinajstić information content (AvgIpc) is 3.06. The molecule has 3 aromatic rings. The molecule has 4 rings (SSSR count). The maximum atomic E-state index is 13.2. The fraction of sp³-hybridized carbons (Fsp3) is 0.320. The lowest BCUT2D eigenvalue weighted by atomic mass is 10.1. The number of anilines is 1. The van der Waals surface area contributed by atoms with Crippen LogP contribution in [0.4, 0.5) is 5.69 Å². The number of carbonyl (C=O) groups excluding carboxylic acids is 2. The van der Waals surface area contributed by atoms with Crippen LogP contribution in [0.25, 0.3) is 10.9 Å². The monoisotopic (exact) mass is 464 g/mol. The molecule has 9 heteroatoms. The van der Waals surface area contributed by atoms with E-state index in [1.807, 2.05) is 19.2 Å². The van der Waals surface area contributed by atoms with Gasteiger partial charge in [-0.1, -0.05) is 18.2 Å². The number of aromatic nitrogens is 1. The predicted octanol–water partition coefficient (Wildman–Crippen LogP) is 2.30. The van der Waals surface area contributed by atoms with Crippen molar-refractivity contribution >= 4 is 34.4 Å². The lowest BCUT2D eigenvalue weighted by Gasteiger charge is -2.20. The van der Waals surface area contributed by atoms with Gasteiger partial charge in [-0.25, -0.2) is 4.79 Å². The third kappa shape index (κ3) is 4.74. The van der Waals surface area contributed by atoms with Gasteiger partial charge < -0.3 is 29.5 Å². The summed E-state index contributed by atoms with van der Waals surface area (Å²) in [4.78, 5) is 39.8. The van der Waals surface area contributed by atoms with Gasteiger partial charge in [-0.3, -0.25) is 9.59 Å². The van der Waals surface area contributed by atoms with Crippen LogP contribution in [-0.4, -0.2) is 70.6 Å². The van der Waals surface area contributed by atoms with E-state index in [1.54, 1.807) is 42.1 Å². The van der Waals surface area contributed by atoms with Gasteiger partial charge in [0.2, 0.25) is 5.91 Å². The molecule has 2 aromatic carbocycles. The van der Waals surface area contributed by atoms with Crippen LogP contribution in [0.2, 0.25) is 0 Å². The molecule has 1 unspecified atom stereocenters. The topological polar surface area (TPSA) is 104 Å². The van der Waals surface area contributed by atoms with Crippen LogP contribution in [0.15, 0.2) is 48.5 Å². The zero-order chi connectivity index (χ0) is 24.4. The van der Waals surface area contributed by atoms with Crippen LogP contribution >= 0.6 is 0 Å². The van der Waals surface area contributed by atoms with E-state index in [2.05, 4.69) is 28.1 Å². The summed E-state index contributed by atoms with van der Waals surface area (Å²) in [7, 11) is 5.44. The van der Waals surface area contributed by atoms with Crippen LogP contribution in [0.1, 0.15) is 21.6 Å². The molecule has 0 radical (unpaired) electrons. The molecule has 1 atom stereocenters. The van der Waals surface area contributed by atoms with Gasteiger partial charge in [0, 0.05) is 50.1 Å². The average molecular weight is 465 g/mol. The molecular weight excluding hydrogens is 436 g/mol. The molecule has 2 amide bonds. The first kappa shape index (κ1) is 23.3. The fourth-order valence-corrected chi connectivity index (χ4v) is 4.26. The quantitative estimate of drug-likeness (QED) is 0.556. The van der Waals surface area contributed by atoms with E-state index >= 15 is 0 Å². The molecule has 2 heterocycles. The normalized spacial score (nSPS) is 15.6. The van der Waals surface area contributed by atoms with Crippen molar-refractivity contribution in [2.24, 2.45) is 7.05 Å². The number of aryl methyl sites for hydroxylation is 1. The maximum Gasteiger partial charge on any atom is 0.329 e. The Hall–Kier alpha value is -3.85. The summed E-state index contributed by atoms with van der Waals surface area (Å²) in [6.45, 7) is 0.243. The molecule has 1 aliphatic heterocycles. The molecule has 1 aliphatic rings. The van der Waals surface area contributed by atoms with Gasteiger partial charge in [-0.15, -0.1) is 0 Å². The summed E-state index contributed by atoms with van der Waals surface area (Å²) in [6.07, 6.45) is 0. The highest BCUT2D eigenvalue weighted by Crippen LogP contribution is 2.25. The number of nitrogens with one attached hydrogen (secondary N) is 1. The minimum Gasteiger partial charge on any atom is -0.480 e. The molecule has 2 N–H and O–H groups in total. The van der Waals surface area contributed by atoms with Gasteiger partial charge in [0.05, 0.1) is 13.2 Å². The van der Waals surface area contributed by atoms with E-state index in [-0.39, 0.29) is 18.4 Å². The summed E-state index contributed by atoms with van der Waals surface area (Å²) >= 11 is 0. The second-order valence-corrected chi connectivity index (χ2v) is 8.59. The van der Waals surface area contributed by atoms with Crippen LogP contribution < -0.4 is 5.32 Å². The summed E-state index contributed by atoms with van der Waals surface area (Å²) in [5.41, 5.74) is 4.20. The highest BCUT2D eigenvalue weighted by molar-refractivity contribution is 5.95. The van der Waals surface area contributed by atoms with Gasteiger partial charge >= 0.3 is 5.97 Å². The number of carboxylic acid groups (broad SMARTS) is 1. The van der Waals surface area contributed by atoms with Crippen LogP contribution in [0.5, 0.6) is 0 Å². The van der Waals surface area contributed by atoms with E-state index in [0.717, 1.165) is 27.8 Å². The van der Waals surface area contributed by atoms with Crippen molar-refractivity contribution in [2.75, 3.05) is 32.6 Å². The number of fused-ring (bicyclic) bond motifs is 2. The third-order valence-electron chi connectivity index (χ3n) is 6.07. The number of benzene rings is 2. The Morgan fingerprint density at radius 3 is 2.68 bits per heavy atom. The molecule has 0 aliphatic carbocycles. The molecule has 34 heavy (non-hydrogen) atoms. The summed E-state index contributed by atoms with van der Waals surface area (Å²) in [6, 6.07) is 14.8. The molecule has 9 nitrogen and oxygen atoms in total. The van der Waals surface area contributed by atoms with E-state index in [0.29, 0.717) is 18.7 Å². The molecule has 0 saturated carbocycles. The number of carbonyl (C=O) groups is 3. The number of rotatable bonds is 7. The van der Waals surface area contributed by atoms with Crippen molar-refractivity contribution in [3.8, 4) is 0 Å². The summed E-state index contributed by atoms with van der Waals surface area (Å²) in [5.74, 6) is -1.42. The second-order valence-electron chi connectivity index (χ2n) is 8.59. The molecule has 178 valence electrons. The number of likely N-dealkylation sites (N-methyl/N-ethyl adjacent to an activating group) is 1. The minimum atomic E-state index is -1.09. The van der Waals surface area contributed by atoms with Gasteiger partial charge in [0.15, 0.2) is 0 Å². The summed E-state index contributed by atoms with van der Waals surface area (Å²) < 4.78 is 7.22. The number of ether oxygens (including phenoxy) is 1. The molecule has 1 aromatic heterocycles. The van der Waals surface area contributed by atoms with Gasteiger partial charge in [-0.05, 0) is 41.3 Å². The number of amides is 2. The van der Waals surface area contributed by atoms with Crippen molar-refractivity contribution in [3.63, 3.8) is 0 Å². The molecule has 0 fully saturated rings. The van der Waals surface area contributed by atoms with Crippen molar-refractivity contribution < 1.29 is 24.2 Å². The van der Waals surface area contributed by atoms with Crippen molar-refractivity contribution in [1.29, 1.82) is 0 Å². The number of para-hydroxylation sites is 1. The van der Waals surface area contributed by atoms with Crippen LogP contribution in [-0.2, 0) is 34.5 Å². The third-order valence-corrected chi connectivity index (χ3v) is 6.07. The van der Waals surface area contributed by atoms with E-state index in [4.69, 9.17) is 9.84 Å². The van der Waals surface area contributed by atoms with E-state index in [1.165, 1.54) is 0 Å². The molecule has 0 bridgehead atoms. The Balaban J connectivity index is 1.50. The van der Waals surface area contributed by atoms with Crippen molar-refractivity contribution in [2.45, 2.75) is 19.1 Å². The first-order chi connectivity index (χ1) is 16.2. The van der Waals surface area contributed by atoms with Crippen molar-refractivity contribution in [1.82, 2.24) is 14.4 Å². The molecular formula is C25H28N4O5. The lowest BCUT2D eigenvalue weighted by Crippen LogP contribution is -2.41. The van der Waals surface area contributed by atoms with Crippen LogP contribution in [0.3, 0.4) is 0 Å². The minimum absolute atomic E-state index is 0.0661. The number of hydrogen-bond acceptors (Lipinski definition) is 5. The smallest absolute Gasteiger partial charge is 0.329 e. The number of aliphatic carboxylic acids is 1. The Morgan fingerprint density at radius 2 is 1.94 bits per heavy atom. The Kier molecular flexibility index (Phi) is 6.56. The number of carboxylic acids is 1. The Labute approximate surface area is 197 Å². The SMILES string of the molecule is CN(Cc1cc2ccccc2n1C)C(=O)c1ccc2c(c1)CN(C)C(=O)C(COCC(=O)O)N2. The number of hydrogen-bond donors (Lipinski definition) is 2. The van der Waals surface area contributed by atoms with Gasteiger partial charge in [-0.2, -0.15) is 0 Å².